The fraction of sp³-hybridized carbons (Fsp3) is 0.391. The van der Waals surface area contributed by atoms with Crippen molar-refractivity contribution in [1.82, 2.24) is 10.2 Å². The summed E-state index contributed by atoms with van der Waals surface area (Å²) in [6, 6.07) is 15.4. The van der Waals surface area contributed by atoms with Gasteiger partial charge in [0.05, 0.1) is 5.92 Å². The molecule has 158 valence electrons. The van der Waals surface area contributed by atoms with Crippen LogP contribution in [0.4, 0.5) is 11.4 Å². The van der Waals surface area contributed by atoms with E-state index in [-0.39, 0.29) is 24.2 Å². The van der Waals surface area contributed by atoms with E-state index >= 15 is 0 Å². The van der Waals surface area contributed by atoms with Crippen LogP contribution in [0.5, 0.6) is 0 Å². The van der Waals surface area contributed by atoms with Gasteiger partial charge in [-0.3, -0.25) is 9.59 Å². The van der Waals surface area contributed by atoms with Crippen molar-refractivity contribution < 1.29 is 9.59 Å². The molecular formula is C23H27ClN4O2. The highest BCUT2D eigenvalue weighted by Crippen LogP contribution is 2.27. The van der Waals surface area contributed by atoms with E-state index in [1.54, 1.807) is 17.0 Å². The molecule has 2 saturated heterocycles. The number of hydrogen-bond donors (Lipinski definition) is 1. The van der Waals surface area contributed by atoms with Gasteiger partial charge in [0.1, 0.15) is 0 Å². The van der Waals surface area contributed by atoms with Crippen molar-refractivity contribution in [3.63, 3.8) is 0 Å². The lowest BCUT2D eigenvalue weighted by Gasteiger charge is -2.35. The molecule has 2 aromatic carbocycles. The van der Waals surface area contributed by atoms with Crippen molar-refractivity contribution in [2.45, 2.75) is 13.0 Å². The third kappa shape index (κ3) is 4.60. The Kier molecular flexibility index (Phi) is 6.25. The van der Waals surface area contributed by atoms with Crippen LogP contribution in [0.1, 0.15) is 12.0 Å². The Hall–Kier alpha value is -2.57. The summed E-state index contributed by atoms with van der Waals surface area (Å²) >= 11 is 6.05. The summed E-state index contributed by atoms with van der Waals surface area (Å²) in [6.45, 7) is 4.86. The van der Waals surface area contributed by atoms with Crippen LogP contribution >= 0.6 is 11.6 Å². The van der Waals surface area contributed by atoms with Crippen LogP contribution in [0.2, 0.25) is 5.02 Å². The van der Waals surface area contributed by atoms with Gasteiger partial charge >= 0.3 is 0 Å². The molecule has 0 radical (unpaired) electrons. The van der Waals surface area contributed by atoms with Crippen LogP contribution < -0.4 is 15.1 Å². The average Bonchev–Trinajstić information content (AvgIpc) is 3.15. The largest absolute Gasteiger partial charge is 0.369 e. The van der Waals surface area contributed by atoms with Gasteiger partial charge in [0.2, 0.25) is 11.8 Å². The molecule has 0 aromatic heterocycles. The Morgan fingerprint density at radius 3 is 2.63 bits per heavy atom. The van der Waals surface area contributed by atoms with E-state index in [2.05, 4.69) is 34.3 Å². The first-order chi connectivity index (χ1) is 14.5. The smallest absolute Gasteiger partial charge is 0.227 e. The van der Waals surface area contributed by atoms with E-state index in [1.165, 1.54) is 5.69 Å². The third-order valence-corrected chi connectivity index (χ3v) is 6.14. The first-order valence-corrected chi connectivity index (χ1v) is 10.7. The van der Waals surface area contributed by atoms with Gasteiger partial charge in [0.25, 0.3) is 0 Å². The molecule has 0 saturated carbocycles. The maximum atomic E-state index is 12.8. The number of rotatable bonds is 5. The van der Waals surface area contributed by atoms with Gasteiger partial charge in [0, 0.05) is 62.1 Å². The van der Waals surface area contributed by atoms with Gasteiger partial charge in [-0.15, -0.1) is 0 Å². The monoisotopic (exact) mass is 426 g/mol. The summed E-state index contributed by atoms with van der Waals surface area (Å²) in [4.78, 5) is 31.6. The van der Waals surface area contributed by atoms with E-state index in [1.807, 2.05) is 24.3 Å². The molecule has 2 aromatic rings. The molecule has 1 atom stereocenters. The molecule has 6 nitrogen and oxygen atoms in total. The Morgan fingerprint density at radius 2 is 1.87 bits per heavy atom. The van der Waals surface area contributed by atoms with Crippen LogP contribution in [0, 0.1) is 5.92 Å². The van der Waals surface area contributed by atoms with Crippen LogP contribution in [0.25, 0.3) is 0 Å². The minimum atomic E-state index is -0.354. The lowest BCUT2D eigenvalue weighted by atomic mass is 10.1. The normalized spacial score (nSPS) is 19.9. The summed E-state index contributed by atoms with van der Waals surface area (Å²) in [5.41, 5.74) is 3.02. The van der Waals surface area contributed by atoms with Crippen molar-refractivity contribution >= 4 is 34.8 Å². The molecule has 0 aliphatic carbocycles. The molecule has 2 aliphatic rings. The molecule has 2 aliphatic heterocycles. The van der Waals surface area contributed by atoms with Crippen LogP contribution in [-0.2, 0) is 16.1 Å². The quantitative estimate of drug-likeness (QED) is 0.798. The van der Waals surface area contributed by atoms with Crippen molar-refractivity contribution in [1.29, 1.82) is 0 Å². The van der Waals surface area contributed by atoms with Crippen LogP contribution in [0.3, 0.4) is 0 Å². The van der Waals surface area contributed by atoms with Crippen molar-refractivity contribution in [3.05, 3.63) is 59.1 Å². The molecule has 0 spiro atoms. The molecule has 1 N–H and O–H groups in total. The summed E-state index contributed by atoms with van der Waals surface area (Å²) < 4.78 is 0. The Bertz CT molecular complexity index is 927. The van der Waals surface area contributed by atoms with E-state index in [4.69, 9.17) is 11.6 Å². The minimum absolute atomic E-state index is 0.0461. The average molecular weight is 427 g/mol. The highest BCUT2D eigenvalue weighted by atomic mass is 35.5. The third-order valence-electron chi connectivity index (χ3n) is 5.90. The van der Waals surface area contributed by atoms with Crippen molar-refractivity contribution in [3.8, 4) is 0 Å². The molecule has 1 unspecified atom stereocenters. The van der Waals surface area contributed by atoms with Gasteiger partial charge in [-0.1, -0.05) is 35.9 Å². The second-order valence-electron chi connectivity index (χ2n) is 8.02. The SMILES string of the molecule is CN1CCN(c2ccccc2CNC(=O)C2CC(=O)N(c3cccc(Cl)c3)C2)CC1. The van der Waals surface area contributed by atoms with Gasteiger partial charge in [0.15, 0.2) is 0 Å². The number of piperazine rings is 1. The van der Waals surface area contributed by atoms with Gasteiger partial charge < -0.3 is 20.0 Å². The van der Waals surface area contributed by atoms with Gasteiger partial charge in [-0.25, -0.2) is 0 Å². The zero-order valence-electron chi connectivity index (χ0n) is 17.2. The Labute approximate surface area is 182 Å². The second kappa shape index (κ2) is 9.06. The fourth-order valence-electron chi connectivity index (χ4n) is 4.12. The van der Waals surface area contributed by atoms with Crippen molar-refractivity contribution in [2.24, 2.45) is 5.92 Å². The number of halogens is 1. The zero-order valence-corrected chi connectivity index (χ0v) is 17.9. The Balaban J connectivity index is 1.38. The summed E-state index contributed by atoms with van der Waals surface area (Å²) in [5.74, 6) is -0.483. The summed E-state index contributed by atoms with van der Waals surface area (Å²) in [6.07, 6.45) is 0.221. The number of carbonyl (C=O) groups is 2. The maximum Gasteiger partial charge on any atom is 0.227 e. The zero-order chi connectivity index (χ0) is 21.1. The van der Waals surface area contributed by atoms with E-state index in [0.29, 0.717) is 18.1 Å². The highest BCUT2D eigenvalue weighted by molar-refractivity contribution is 6.31. The molecule has 0 bridgehead atoms. The number of anilines is 2. The molecule has 2 fully saturated rings. The van der Waals surface area contributed by atoms with Crippen LogP contribution in [-0.4, -0.2) is 56.5 Å². The van der Waals surface area contributed by atoms with E-state index in [9.17, 15) is 9.59 Å². The number of nitrogens with one attached hydrogen (secondary N) is 1. The van der Waals surface area contributed by atoms with Gasteiger partial charge in [-0.2, -0.15) is 0 Å². The second-order valence-corrected chi connectivity index (χ2v) is 8.46. The fourth-order valence-corrected chi connectivity index (χ4v) is 4.30. The first-order valence-electron chi connectivity index (χ1n) is 10.4. The van der Waals surface area contributed by atoms with Gasteiger partial charge in [-0.05, 0) is 36.9 Å². The Morgan fingerprint density at radius 1 is 1.10 bits per heavy atom. The molecule has 4 rings (SSSR count). The lowest BCUT2D eigenvalue weighted by Crippen LogP contribution is -2.45. The van der Waals surface area contributed by atoms with Crippen LogP contribution in [0.15, 0.2) is 48.5 Å². The molecule has 2 heterocycles. The van der Waals surface area contributed by atoms with E-state index < -0.39 is 0 Å². The number of benzene rings is 2. The topological polar surface area (TPSA) is 55.9 Å². The lowest BCUT2D eigenvalue weighted by molar-refractivity contribution is -0.126. The number of amides is 2. The summed E-state index contributed by atoms with van der Waals surface area (Å²) in [7, 11) is 2.14. The first kappa shape index (κ1) is 20.7. The molecule has 2 amide bonds. The number of para-hydroxylation sites is 1. The maximum absolute atomic E-state index is 12.8. The standard InChI is InChI=1S/C23H27ClN4O2/c1-26-9-11-27(12-10-26)21-8-3-2-5-17(21)15-25-23(30)18-13-22(29)28(16-18)20-7-4-6-19(24)14-20/h2-8,14,18H,9-13,15-16H2,1H3,(H,25,30). The predicted molar refractivity (Wildman–Crippen MR) is 120 cm³/mol. The minimum Gasteiger partial charge on any atom is -0.369 e. The number of nitrogens with zero attached hydrogens (tertiary/aromatic N) is 3. The number of likely N-dealkylation sites (N-methyl/N-ethyl adjacent to an activating group) is 1. The number of carbonyl (C=O) groups excluding carboxylic acids is 2. The number of hydrogen-bond acceptors (Lipinski definition) is 4. The highest BCUT2D eigenvalue weighted by Gasteiger charge is 2.35. The van der Waals surface area contributed by atoms with Crippen molar-refractivity contribution in [2.75, 3.05) is 49.6 Å². The molecule has 30 heavy (non-hydrogen) atoms. The molecular weight excluding hydrogens is 400 g/mol. The predicted octanol–water partition coefficient (Wildman–Crippen LogP) is 2.76. The van der Waals surface area contributed by atoms with E-state index in [0.717, 1.165) is 37.4 Å². The summed E-state index contributed by atoms with van der Waals surface area (Å²) in [5, 5.41) is 3.63. The molecule has 7 heteroatoms.